The van der Waals surface area contributed by atoms with Gasteiger partial charge in [0.25, 0.3) is 0 Å². The van der Waals surface area contributed by atoms with Gasteiger partial charge in [0, 0.05) is 28.0 Å². The average Bonchev–Trinajstić information content (AvgIpc) is 2.14. The van der Waals surface area contributed by atoms with E-state index < -0.39 is 8.32 Å². The molecule has 1 fully saturated rings. The fraction of sp³-hybridized carbons (Fsp3) is 0.857. The zero-order valence-corrected chi connectivity index (χ0v) is 14.8. The Morgan fingerprint density at radius 1 is 1.35 bits per heavy atom. The van der Waals surface area contributed by atoms with Crippen molar-refractivity contribution in [3.63, 3.8) is 0 Å². The van der Waals surface area contributed by atoms with E-state index in [1.54, 1.807) is 0 Å². The Morgan fingerprint density at radius 2 is 2.00 bits per heavy atom. The van der Waals surface area contributed by atoms with Gasteiger partial charge >= 0.3 is 0 Å². The smallest absolute Gasteiger partial charge is 0.185 e. The minimum Gasteiger partial charge on any atom is -0.403 e. The first kappa shape index (κ1) is 15.5. The highest BCUT2D eigenvalue weighted by Crippen LogP contribution is 2.49. The van der Waals surface area contributed by atoms with Gasteiger partial charge < -0.3 is 4.43 Å². The summed E-state index contributed by atoms with van der Waals surface area (Å²) < 4.78 is 9.40. The van der Waals surface area contributed by atoms with Gasteiger partial charge in [-0.1, -0.05) is 32.1 Å². The molecule has 0 radical (unpaired) electrons. The maximum atomic E-state index is 6.34. The molecule has 0 spiro atoms. The van der Waals surface area contributed by atoms with Crippen molar-refractivity contribution in [3.8, 4) is 9.85 Å². The van der Waals surface area contributed by atoms with Crippen LogP contribution in [0.3, 0.4) is 0 Å². The molecule has 98 valence electrons. The lowest BCUT2D eigenvalue weighted by molar-refractivity contribution is 0.00207. The monoisotopic (exact) mass is 364 g/mol. The van der Waals surface area contributed by atoms with E-state index in [1.807, 2.05) is 0 Å². The van der Waals surface area contributed by atoms with Gasteiger partial charge in [0.05, 0.1) is 0 Å². The second-order valence-electron chi connectivity index (χ2n) is 6.17. The molecule has 1 saturated carbocycles. The van der Waals surface area contributed by atoms with Gasteiger partial charge in [-0.15, -0.1) is 0 Å². The quantitative estimate of drug-likeness (QED) is 0.368. The summed E-state index contributed by atoms with van der Waals surface area (Å²) in [5.74, 6) is 3.34. The number of unbranched alkanes of at least 4 members (excludes halogenated alkanes) is 1. The van der Waals surface area contributed by atoms with Crippen molar-refractivity contribution in [1.29, 1.82) is 0 Å². The number of hydrogen-bond donors (Lipinski definition) is 0. The summed E-state index contributed by atoms with van der Waals surface area (Å²) >= 11 is 2.15. The second-order valence-corrected chi connectivity index (χ2v) is 11.2. The van der Waals surface area contributed by atoms with Gasteiger partial charge in [-0.2, -0.15) is 0 Å². The van der Waals surface area contributed by atoms with Crippen molar-refractivity contribution in [2.75, 3.05) is 0 Å². The van der Waals surface area contributed by atoms with Crippen molar-refractivity contribution in [2.24, 2.45) is 5.41 Å². The molecule has 1 aliphatic rings. The molecule has 0 aromatic carbocycles. The third kappa shape index (κ3) is 4.57. The lowest BCUT2D eigenvalue weighted by Gasteiger charge is -2.47. The van der Waals surface area contributed by atoms with E-state index in [4.69, 9.17) is 4.43 Å². The van der Waals surface area contributed by atoms with Crippen LogP contribution in [-0.2, 0) is 4.43 Å². The Balaban J connectivity index is 2.75. The predicted octanol–water partition coefficient (Wildman–Crippen LogP) is 4.96. The highest BCUT2D eigenvalue weighted by Gasteiger charge is 2.44. The van der Waals surface area contributed by atoms with Gasteiger partial charge in [0.1, 0.15) is 6.10 Å². The van der Waals surface area contributed by atoms with E-state index >= 15 is 0 Å². The molecular formula is C14H25IOSi. The molecule has 17 heavy (non-hydrogen) atoms. The summed E-state index contributed by atoms with van der Waals surface area (Å²) in [4.78, 5) is 0. The second kappa shape index (κ2) is 6.58. The Labute approximate surface area is 121 Å². The molecule has 0 heterocycles. The van der Waals surface area contributed by atoms with Crippen LogP contribution >= 0.6 is 22.6 Å². The molecule has 0 aromatic rings. The molecule has 1 aliphatic carbocycles. The van der Waals surface area contributed by atoms with E-state index in [0.29, 0.717) is 5.41 Å². The molecular weight excluding hydrogens is 339 g/mol. The van der Waals surface area contributed by atoms with Crippen molar-refractivity contribution in [2.45, 2.75) is 71.2 Å². The number of hydrogen-bond acceptors (Lipinski definition) is 1. The standard InChI is InChI=1S/C14H25IOSi/c1-5-6-9-14(10-7-11-14)13(8-12-15)16-17(2,3)4/h13H,5-7,9-11H2,1-4H3. The van der Waals surface area contributed by atoms with Crippen molar-refractivity contribution < 1.29 is 4.43 Å². The molecule has 0 saturated heterocycles. The van der Waals surface area contributed by atoms with E-state index in [2.05, 4.69) is 59.0 Å². The van der Waals surface area contributed by atoms with E-state index in [0.717, 1.165) is 0 Å². The third-order valence-corrected chi connectivity index (χ3v) is 4.85. The van der Waals surface area contributed by atoms with Crippen LogP contribution in [0.2, 0.25) is 19.6 Å². The highest BCUT2D eigenvalue weighted by molar-refractivity contribution is 14.1. The van der Waals surface area contributed by atoms with Crippen LogP contribution in [0.4, 0.5) is 0 Å². The van der Waals surface area contributed by atoms with Gasteiger partial charge in [-0.05, 0) is 42.8 Å². The largest absolute Gasteiger partial charge is 0.403 e. The molecule has 0 aliphatic heterocycles. The SMILES string of the molecule is CCCCC1(C(C#CI)O[Si](C)(C)C)CCC1. The molecule has 0 N–H and O–H groups in total. The minimum absolute atomic E-state index is 0.186. The van der Waals surface area contributed by atoms with E-state index in [9.17, 15) is 0 Å². The third-order valence-electron chi connectivity index (χ3n) is 3.59. The normalized spacial score (nSPS) is 20.1. The van der Waals surface area contributed by atoms with E-state index in [-0.39, 0.29) is 6.10 Å². The number of halogens is 1. The van der Waals surface area contributed by atoms with E-state index in [1.165, 1.54) is 38.5 Å². The summed E-state index contributed by atoms with van der Waals surface area (Å²) in [6.45, 7) is 9.06. The molecule has 0 aromatic heterocycles. The Bertz CT molecular complexity index is 294. The molecule has 0 amide bonds. The first-order chi connectivity index (χ1) is 7.93. The predicted molar refractivity (Wildman–Crippen MR) is 85.8 cm³/mol. The molecule has 1 nitrogen and oxygen atoms in total. The number of rotatable bonds is 6. The lowest BCUT2D eigenvalue weighted by Crippen LogP contribution is -2.46. The molecule has 1 atom stereocenters. The van der Waals surface area contributed by atoms with Crippen LogP contribution in [0.1, 0.15) is 45.4 Å². The Kier molecular flexibility index (Phi) is 6.01. The molecule has 0 bridgehead atoms. The summed E-state index contributed by atoms with van der Waals surface area (Å²) in [6.07, 6.45) is 8.06. The van der Waals surface area contributed by atoms with Gasteiger partial charge in [0.15, 0.2) is 8.32 Å². The van der Waals surface area contributed by atoms with Crippen molar-refractivity contribution in [3.05, 3.63) is 0 Å². The lowest BCUT2D eigenvalue weighted by atomic mass is 9.62. The average molecular weight is 364 g/mol. The fourth-order valence-electron chi connectivity index (χ4n) is 2.51. The summed E-state index contributed by atoms with van der Waals surface area (Å²) in [6, 6.07) is 0. The first-order valence-corrected chi connectivity index (χ1v) is 11.2. The van der Waals surface area contributed by atoms with Gasteiger partial charge in [-0.25, -0.2) is 0 Å². The Hall–Kier alpha value is 0.467. The summed E-state index contributed by atoms with van der Waals surface area (Å²) in [5, 5.41) is 0. The molecule has 1 rings (SSSR count). The van der Waals surface area contributed by atoms with Crippen LogP contribution in [0.25, 0.3) is 0 Å². The zero-order valence-electron chi connectivity index (χ0n) is 11.6. The zero-order chi connectivity index (χ0) is 12.9. The van der Waals surface area contributed by atoms with Crippen LogP contribution < -0.4 is 0 Å². The molecule has 1 unspecified atom stereocenters. The van der Waals surface area contributed by atoms with Gasteiger partial charge in [0.2, 0.25) is 0 Å². The van der Waals surface area contributed by atoms with Crippen molar-refractivity contribution in [1.82, 2.24) is 0 Å². The van der Waals surface area contributed by atoms with Crippen LogP contribution in [0.5, 0.6) is 0 Å². The summed E-state index contributed by atoms with van der Waals surface area (Å²) in [7, 11) is -1.49. The first-order valence-electron chi connectivity index (χ1n) is 6.72. The van der Waals surface area contributed by atoms with Crippen LogP contribution in [0.15, 0.2) is 0 Å². The maximum absolute atomic E-state index is 6.34. The van der Waals surface area contributed by atoms with Crippen molar-refractivity contribution >= 4 is 30.9 Å². The highest BCUT2D eigenvalue weighted by atomic mass is 127. The fourth-order valence-corrected chi connectivity index (χ4v) is 3.81. The maximum Gasteiger partial charge on any atom is 0.185 e. The molecule has 3 heteroatoms. The van der Waals surface area contributed by atoms with Gasteiger partial charge in [-0.3, -0.25) is 0 Å². The van der Waals surface area contributed by atoms with Crippen LogP contribution in [0, 0.1) is 15.3 Å². The van der Waals surface area contributed by atoms with Crippen LogP contribution in [-0.4, -0.2) is 14.4 Å². The summed E-state index contributed by atoms with van der Waals surface area (Å²) in [5.41, 5.74) is 0.383. The Morgan fingerprint density at radius 3 is 2.35 bits per heavy atom. The topological polar surface area (TPSA) is 9.23 Å². The minimum atomic E-state index is -1.49.